The summed E-state index contributed by atoms with van der Waals surface area (Å²) in [5, 5.41) is 6.72. The summed E-state index contributed by atoms with van der Waals surface area (Å²) in [7, 11) is 4.87. The van der Waals surface area contributed by atoms with E-state index in [1.165, 1.54) is 5.56 Å². The van der Waals surface area contributed by atoms with Gasteiger partial charge in [-0.3, -0.25) is 0 Å². The molecule has 0 heterocycles. The lowest BCUT2D eigenvalue weighted by Gasteiger charge is -2.19. The van der Waals surface area contributed by atoms with Crippen LogP contribution >= 0.6 is 24.0 Å². The highest BCUT2D eigenvalue weighted by Crippen LogP contribution is 2.34. The Balaban J connectivity index is 0.00000392. The number of guanidine groups is 1. The second kappa shape index (κ2) is 12.3. The van der Waals surface area contributed by atoms with Crippen molar-refractivity contribution in [2.45, 2.75) is 26.4 Å². The average Bonchev–Trinajstić information content (AvgIpc) is 2.72. The van der Waals surface area contributed by atoms with Gasteiger partial charge in [0.15, 0.2) is 5.96 Å². The molecule has 2 N–H and O–H groups in total. The zero-order valence-corrected chi connectivity index (χ0v) is 19.4. The van der Waals surface area contributed by atoms with Gasteiger partial charge in [-0.15, -0.1) is 24.0 Å². The molecule has 0 saturated heterocycles. The quantitative estimate of drug-likeness (QED) is 0.325. The molecule has 154 valence electrons. The van der Waals surface area contributed by atoms with Gasteiger partial charge in [0.25, 0.3) is 0 Å². The van der Waals surface area contributed by atoms with E-state index in [-0.39, 0.29) is 30.0 Å². The maximum absolute atomic E-state index is 5.50. The minimum absolute atomic E-state index is 0. The van der Waals surface area contributed by atoms with E-state index < -0.39 is 0 Å². The molecule has 0 aliphatic carbocycles. The molecule has 0 bridgehead atoms. The van der Waals surface area contributed by atoms with E-state index in [4.69, 9.17) is 19.2 Å². The third-order valence-electron chi connectivity index (χ3n) is 4.21. The maximum atomic E-state index is 5.50. The van der Waals surface area contributed by atoms with Crippen molar-refractivity contribution in [1.82, 2.24) is 10.6 Å². The van der Waals surface area contributed by atoms with Crippen molar-refractivity contribution in [2.75, 3.05) is 27.9 Å². The summed E-state index contributed by atoms with van der Waals surface area (Å²) < 4.78 is 16.3. The van der Waals surface area contributed by atoms with Gasteiger partial charge in [0, 0.05) is 18.7 Å². The molecule has 0 radical (unpaired) electrons. The Morgan fingerprint density at radius 3 is 2.11 bits per heavy atom. The van der Waals surface area contributed by atoms with Gasteiger partial charge in [0.05, 0.1) is 39.5 Å². The van der Waals surface area contributed by atoms with E-state index >= 15 is 0 Å². The molecule has 0 spiro atoms. The first-order chi connectivity index (χ1) is 13.1. The lowest BCUT2D eigenvalue weighted by Crippen LogP contribution is -2.38. The normalized spacial score (nSPS) is 11.8. The van der Waals surface area contributed by atoms with Gasteiger partial charge in [-0.2, -0.15) is 0 Å². The number of aliphatic imine (C=N–C) groups is 1. The first-order valence-electron chi connectivity index (χ1n) is 9.01. The number of ether oxygens (including phenoxy) is 3. The van der Waals surface area contributed by atoms with Crippen LogP contribution in [0.25, 0.3) is 0 Å². The Bertz CT molecular complexity index is 729. The minimum atomic E-state index is 0. The van der Waals surface area contributed by atoms with Crippen LogP contribution in [0.1, 0.15) is 31.0 Å². The summed E-state index contributed by atoms with van der Waals surface area (Å²) in [6.07, 6.45) is 0. The second-order valence-corrected chi connectivity index (χ2v) is 5.98. The number of nitrogens with zero attached hydrogens (tertiary/aromatic N) is 1. The highest BCUT2D eigenvalue weighted by Gasteiger charge is 2.14. The van der Waals surface area contributed by atoms with E-state index in [9.17, 15) is 0 Å². The number of nitrogens with one attached hydrogen (secondary N) is 2. The molecule has 0 aliphatic heterocycles. The lowest BCUT2D eigenvalue weighted by atomic mass is 10.1. The zero-order valence-electron chi connectivity index (χ0n) is 17.1. The van der Waals surface area contributed by atoms with E-state index in [0.717, 1.165) is 18.1 Å². The van der Waals surface area contributed by atoms with Crippen LogP contribution in [0, 0.1) is 0 Å². The monoisotopic (exact) mass is 499 g/mol. The average molecular weight is 499 g/mol. The number of halogens is 1. The molecule has 0 aliphatic rings. The van der Waals surface area contributed by atoms with Gasteiger partial charge in [-0.25, -0.2) is 4.99 Å². The fourth-order valence-corrected chi connectivity index (χ4v) is 2.74. The van der Waals surface area contributed by atoms with Gasteiger partial charge < -0.3 is 24.8 Å². The van der Waals surface area contributed by atoms with Crippen molar-refractivity contribution in [3.63, 3.8) is 0 Å². The largest absolute Gasteiger partial charge is 0.496 e. The maximum Gasteiger partial charge on any atom is 0.192 e. The lowest BCUT2D eigenvalue weighted by molar-refractivity contribution is 0.369. The van der Waals surface area contributed by atoms with Crippen molar-refractivity contribution in [3.8, 4) is 17.2 Å². The van der Waals surface area contributed by atoms with E-state index in [1.54, 1.807) is 21.3 Å². The molecule has 7 heteroatoms. The van der Waals surface area contributed by atoms with Gasteiger partial charge >= 0.3 is 0 Å². The smallest absolute Gasteiger partial charge is 0.192 e. The predicted molar refractivity (Wildman–Crippen MR) is 124 cm³/mol. The van der Waals surface area contributed by atoms with Crippen LogP contribution in [0.3, 0.4) is 0 Å². The minimum Gasteiger partial charge on any atom is -0.496 e. The molecule has 0 amide bonds. The molecule has 0 aromatic heterocycles. The summed E-state index contributed by atoms with van der Waals surface area (Å²) >= 11 is 0. The van der Waals surface area contributed by atoms with Crippen LogP contribution < -0.4 is 24.8 Å². The molecule has 2 aromatic carbocycles. The summed E-state index contributed by atoms with van der Waals surface area (Å²) in [5.41, 5.74) is 2.06. The van der Waals surface area contributed by atoms with Gasteiger partial charge in [-0.1, -0.05) is 30.3 Å². The van der Waals surface area contributed by atoms with Crippen LogP contribution in [-0.4, -0.2) is 33.8 Å². The Morgan fingerprint density at radius 2 is 1.61 bits per heavy atom. The fourth-order valence-electron chi connectivity index (χ4n) is 2.74. The van der Waals surface area contributed by atoms with Gasteiger partial charge in [-0.05, 0) is 19.4 Å². The molecule has 0 saturated carbocycles. The molecule has 1 unspecified atom stereocenters. The van der Waals surface area contributed by atoms with Crippen LogP contribution in [0.5, 0.6) is 17.2 Å². The summed E-state index contributed by atoms with van der Waals surface area (Å²) in [6, 6.07) is 14.1. The third kappa shape index (κ3) is 6.47. The molecule has 1 atom stereocenters. The Labute approximate surface area is 184 Å². The summed E-state index contributed by atoms with van der Waals surface area (Å²) in [4.78, 5) is 4.72. The molecule has 2 aromatic rings. The predicted octanol–water partition coefficient (Wildman–Crippen LogP) is 4.15. The SMILES string of the molecule is CCNC(=NCc1c(OC)cc(OC)cc1OC)NC(C)c1ccccc1.I. The molecule has 6 nitrogen and oxygen atoms in total. The van der Waals surface area contributed by atoms with Crippen molar-refractivity contribution in [2.24, 2.45) is 4.99 Å². The highest BCUT2D eigenvalue weighted by molar-refractivity contribution is 14.0. The molecular formula is C21H30IN3O3. The summed E-state index contributed by atoms with van der Waals surface area (Å²) in [5.74, 6) is 2.77. The third-order valence-corrected chi connectivity index (χ3v) is 4.21. The van der Waals surface area contributed by atoms with E-state index in [2.05, 4.69) is 29.7 Å². The Morgan fingerprint density at radius 1 is 1.00 bits per heavy atom. The second-order valence-electron chi connectivity index (χ2n) is 5.98. The first kappa shape index (κ1) is 23.9. The molecule has 0 fully saturated rings. The van der Waals surface area contributed by atoms with Crippen molar-refractivity contribution in [3.05, 3.63) is 53.6 Å². The van der Waals surface area contributed by atoms with Crippen LogP contribution in [0.2, 0.25) is 0 Å². The van der Waals surface area contributed by atoms with E-state index in [0.29, 0.717) is 23.8 Å². The van der Waals surface area contributed by atoms with Crippen LogP contribution in [0.4, 0.5) is 0 Å². The Hall–Kier alpha value is -2.16. The van der Waals surface area contributed by atoms with Gasteiger partial charge in [0.2, 0.25) is 0 Å². The van der Waals surface area contributed by atoms with Crippen LogP contribution in [-0.2, 0) is 6.54 Å². The first-order valence-corrected chi connectivity index (χ1v) is 9.01. The number of hydrogen-bond acceptors (Lipinski definition) is 4. The topological polar surface area (TPSA) is 64.1 Å². The molecule has 2 rings (SSSR count). The number of rotatable bonds is 8. The number of benzene rings is 2. The van der Waals surface area contributed by atoms with Crippen molar-refractivity contribution in [1.29, 1.82) is 0 Å². The Kier molecular flexibility index (Phi) is 10.5. The van der Waals surface area contributed by atoms with Crippen molar-refractivity contribution >= 4 is 29.9 Å². The van der Waals surface area contributed by atoms with Crippen molar-refractivity contribution < 1.29 is 14.2 Å². The number of hydrogen-bond donors (Lipinski definition) is 2. The standard InChI is InChI=1S/C21H29N3O3.HI/c1-6-22-21(24-15(2)16-10-8-7-9-11-16)23-14-18-19(26-4)12-17(25-3)13-20(18)27-5;/h7-13,15H,6,14H2,1-5H3,(H2,22,23,24);1H. The molecular weight excluding hydrogens is 469 g/mol. The summed E-state index contributed by atoms with van der Waals surface area (Å²) in [6.45, 7) is 5.33. The van der Waals surface area contributed by atoms with Crippen LogP contribution in [0.15, 0.2) is 47.5 Å². The van der Waals surface area contributed by atoms with Gasteiger partial charge in [0.1, 0.15) is 17.2 Å². The zero-order chi connectivity index (χ0) is 19.6. The molecule has 28 heavy (non-hydrogen) atoms. The number of methoxy groups -OCH3 is 3. The highest BCUT2D eigenvalue weighted by atomic mass is 127. The fraction of sp³-hybridized carbons (Fsp3) is 0.381. The van der Waals surface area contributed by atoms with E-state index in [1.807, 2.05) is 37.3 Å².